The Hall–Kier alpha value is -2.63. The minimum Gasteiger partial charge on any atom is -0.351 e. The highest BCUT2D eigenvalue weighted by atomic mass is 32.2. The van der Waals surface area contributed by atoms with Crippen LogP contribution in [0.15, 0.2) is 46.5 Å². The van der Waals surface area contributed by atoms with Crippen LogP contribution in [0.4, 0.5) is 16.2 Å². The van der Waals surface area contributed by atoms with Gasteiger partial charge in [0.2, 0.25) is 5.91 Å². The number of aromatic nitrogens is 1. The monoisotopic (exact) mass is 515 g/mol. The van der Waals surface area contributed by atoms with E-state index >= 15 is 0 Å². The Bertz CT molecular complexity index is 1270. The predicted octanol–water partition coefficient (Wildman–Crippen LogP) is 2.90. The summed E-state index contributed by atoms with van der Waals surface area (Å²) in [4.78, 5) is 32.6. The zero-order valence-corrected chi connectivity index (χ0v) is 21.5. The second-order valence-electron chi connectivity index (χ2n) is 10.0. The number of thioether (sulfide) groups is 1. The van der Waals surface area contributed by atoms with Crippen molar-refractivity contribution in [2.75, 3.05) is 18.0 Å². The molecule has 1 saturated heterocycles. The van der Waals surface area contributed by atoms with E-state index in [0.717, 1.165) is 31.5 Å². The van der Waals surface area contributed by atoms with Gasteiger partial charge in [-0.2, -0.15) is 0 Å². The number of anilines is 2. The molecule has 3 aliphatic rings. The van der Waals surface area contributed by atoms with Gasteiger partial charge in [-0.3, -0.25) is 9.69 Å². The van der Waals surface area contributed by atoms with E-state index in [1.54, 1.807) is 45.2 Å². The second-order valence-corrected chi connectivity index (χ2v) is 13.8. The van der Waals surface area contributed by atoms with E-state index in [9.17, 15) is 18.0 Å². The van der Waals surface area contributed by atoms with Gasteiger partial charge >= 0.3 is 6.03 Å². The highest BCUT2D eigenvalue weighted by molar-refractivity contribution is 8.01. The van der Waals surface area contributed by atoms with Crippen LogP contribution in [0.2, 0.25) is 0 Å². The molecule has 0 saturated carbocycles. The van der Waals surface area contributed by atoms with Gasteiger partial charge in [-0.15, -0.1) is 0 Å². The van der Waals surface area contributed by atoms with Crippen LogP contribution in [0.5, 0.6) is 0 Å². The quantitative estimate of drug-likeness (QED) is 0.573. The number of sulfone groups is 1. The highest BCUT2D eigenvalue weighted by Gasteiger charge is 2.47. The smallest absolute Gasteiger partial charge is 0.327 e. The number of benzene rings is 1. The van der Waals surface area contributed by atoms with Crippen LogP contribution in [0.1, 0.15) is 45.2 Å². The van der Waals surface area contributed by atoms with Gasteiger partial charge in [0.25, 0.3) is 0 Å². The molecule has 2 aromatic rings. The van der Waals surface area contributed by atoms with Crippen LogP contribution in [0, 0.1) is 0 Å². The first-order chi connectivity index (χ1) is 16.6. The van der Waals surface area contributed by atoms with Gasteiger partial charge in [0.15, 0.2) is 9.84 Å². The minimum absolute atomic E-state index is 0.0756. The summed E-state index contributed by atoms with van der Waals surface area (Å²) in [7, 11) is -3.51. The lowest BCUT2D eigenvalue weighted by molar-refractivity contribution is -0.121. The van der Waals surface area contributed by atoms with Gasteiger partial charge in [-0.25, -0.2) is 18.2 Å². The molecule has 0 bridgehead atoms. The van der Waals surface area contributed by atoms with Gasteiger partial charge in [0, 0.05) is 24.3 Å². The molecule has 1 fully saturated rings. The van der Waals surface area contributed by atoms with E-state index in [-0.39, 0.29) is 22.9 Å². The summed E-state index contributed by atoms with van der Waals surface area (Å²) in [6.07, 6.45) is 3.57. The predicted molar refractivity (Wildman–Crippen MR) is 135 cm³/mol. The second kappa shape index (κ2) is 8.79. The van der Waals surface area contributed by atoms with Gasteiger partial charge in [0.05, 0.1) is 27.1 Å². The van der Waals surface area contributed by atoms with Crippen molar-refractivity contribution in [3.05, 3.63) is 42.1 Å². The molecule has 2 unspecified atom stereocenters. The van der Waals surface area contributed by atoms with Crippen molar-refractivity contribution in [3.63, 3.8) is 0 Å². The Morgan fingerprint density at radius 3 is 2.60 bits per heavy atom. The average molecular weight is 516 g/mol. The van der Waals surface area contributed by atoms with E-state index in [1.165, 1.54) is 28.8 Å². The largest absolute Gasteiger partial charge is 0.351 e. The number of carbonyl (C=O) groups is 2. The van der Waals surface area contributed by atoms with Crippen LogP contribution in [-0.4, -0.2) is 54.5 Å². The first-order valence-electron chi connectivity index (χ1n) is 11.7. The molecule has 11 heteroatoms. The average Bonchev–Trinajstić information content (AvgIpc) is 3.19. The maximum Gasteiger partial charge on any atom is 0.327 e. The van der Waals surface area contributed by atoms with Gasteiger partial charge < -0.3 is 16.0 Å². The summed E-state index contributed by atoms with van der Waals surface area (Å²) in [6.45, 7) is 6.67. The van der Waals surface area contributed by atoms with Crippen molar-refractivity contribution in [1.29, 1.82) is 0 Å². The number of amides is 3. The molecule has 35 heavy (non-hydrogen) atoms. The van der Waals surface area contributed by atoms with E-state index in [4.69, 9.17) is 0 Å². The Morgan fingerprint density at radius 2 is 1.94 bits per heavy atom. The number of hydrogen-bond acceptors (Lipinski definition) is 7. The fourth-order valence-corrected chi connectivity index (χ4v) is 7.11. The summed E-state index contributed by atoms with van der Waals surface area (Å²) in [6, 6.07) is 7.30. The van der Waals surface area contributed by atoms with E-state index < -0.39 is 25.9 Å². The molecule has 9 nitrogen and oxygen atoms in total. The number of nitrogens with one attached hydrogen (secondary N) is 3. The summed E-state index contributed by atoms with van der Waals surface area (Å²) in [5.74, 6) is -0.108. The van der Waals surface area contributed by atoms with Gasteiger partial charge in [0.1, 0.15) is 10.3 Å². The summed E-state index contributed by atoms with van der Waals surface area (Å²) < 4.78 is 24.7. The third-order valence-corrected chi connectivity index (χ3v) is 10.4. The Kier molecular flexibility index (Phi) is 6.05. The molecule has 0 spiro atoms. The third kappa shape index (κ3) is 4.19. The lowest BCUT2D eigenvalue weighted by atomic mass is 9.99. The molecule has 5 rings (SSSR count). The van der Waals surface area contributed by atoms with Crippen molar-refractivity contribution >= 4 is 44.9 Å². The number of nitrogens with zero attached hydrogens (tertiary/aromatic N) is 2. The molecule has 3 N–H and O–H groups in total. The number of carbonyl (C=O) groups excluding carboxylic acids is 2. The molecular formula is C24H29N5O4S2. The van der Waals surface area contributed by atoms with Crippen molar-refractivity contribution in [3.8, 4) is 0 Å². The summed E-state index contributed by atoms with van der Waals surface area (Å²) >= 11 is 1.36. The molecule has 4 heterocycles. The summed E-state index contributed by atoms with van der Waals surface area (Å²) in [5.41, 5.74) is 2.00. The van der Waals surface area contributed by atoms with E-state index in [0.29, 0.717) is 16.4 Å². The number of hydrogen-bond donors (Lipinski definition) is 3. The van der Waals surface area contributed by atoms with Crippen molar-refractivity contribution in [2.24, 2.45) is 0 Å². The minimum atomic E-state index is -3.51. The van der Waals surface area contributed by atoms with Crippen molar-refractivity contribution in [1.82, 2.24) is 20.9 Å². The lowest BCUT2D eigenvalue weighted by Gasteiger charge is -2.34. The molecular weight excluding hydrogens is 486 g/mol. The standard InChI is InChI=1S/C24H29N5O4S2/c1-24(2,3)35(32,33)16-8-6-15(7-9-16)29-17-10-12-26-22-18(17)19(28-23(29)31)20(34-22)21(30)27-14-5-4-11-25-13-14/h6-10,12,14,19-20,25H,4-5,11,13H2,1-3H3,(H,27,30)(H,28,31)/t14?,19?,20-/m1/s1. The highest BCUT2D eigenvalue weighted by Crippen LogP contribution is 2.50. The fourth-order valence-electron chi connectivity index (χ4n) is 4.67. The number of pyridine rings is 1. The van der Waals surface area contributed by atoms with Crippen LogP contribution < -0.4 is 20.9 Å². The van der Waals surface area contributed by atoms with Crippen LogP contribution in [0.25, 0.3) is 0 Å². The first-order valence-corrected chi connectivity index (χ1v) is 14.1. The topological polar surface area (TPSA) is 120 Å². The Labute approximate surface area is 209 Å². The number of rotatable bonds is 4. The van der Waals surface area contributed by atoms with E-state index in [1.807, 2.05) is 0 Å². The lowest BCUT2D eigenvalue weighted by Crippen LogP contribution is -2.52. The maximum absolute atomic E-state index is 13.3. The van der Waals surface area contributed by atoms with Crippen LogP contribution >= 0.6 is 11.8 Å². The molecule has 1 aromatic heterocycles. The fraction of sp³-hybridized carbons (Fsp3) is 0.458. The van der Waals surface area contributed by atoms with Crippen molar-refractivity contribution in [2.45, 2.75) is 65.6 Å². The normalized spacial score (nSPS) is 24.0. The molecule has 186 valence electrons. The molecule has 3 aliphatic heterocycles. The number of piperidine rings is 1. The first kappa shape index (κ1) is 24.1. The Morgan fingerprint density at radius 1 is 1.20 bits per heavy atom. The SMILES string of the molecule is CC(C)(C)S(=O)(=O)c1ccc(N2C(=O)NC3c4c2ccnc4S[C@H]3C(=O)NC2CCCNC2)cc1. The third-order valence-electron chi connectivity index (χ3n) is 6.62. The van der Waals surface area contributed by atoms with Crippen molar-refractivity contribution < 1.29 is 18.0 Å². The summed E-state index contributed by atoms with van der Waals surface area (Å²) in [5, 5.41) is 9.62. The molecule has 0 aliphatic carbocycles. The van der Waals surface area contributed by atoms with Crippen LogP contribution in [-0.2, 0) is 14.6 Å². The molecule has 0 radical (unpaired) electrons. The number of urea groups is 1. The molecule has 1 aromatic carbocycles. The zero-order valence-electron chi connectivity index (χ0n) is 19.9. The van der Waals surface area contributed by atoms with Gasteiger partial charge in [-0.1, -0.05) is 11.8 Å². The van der Waals surface area contributed by atoms with Crippen LogP contribution in [0.3, 0.4) is 0 Å². The molecule has 3 atom stereocenters. The van der Waals surface area contributed by atoms with E-state index in [2.05, 4.69) is 20.9 Å². The Balaban J connectivity index is 1.43. The zero-order chi connectivity index (χ0) is 25.0. The van der Waals surface area contributed by atoms with Gasteiger partial charge in [-0.05, 0) is 70.5 Å². The maximum atomic E-state index is 13.3. The molecule has 3 amide bonds.